The molecule has 0 N–H and O–H groups in total. The summed E-state index contributed by atoms with van der Waals surface area (Å²) in [7, 11) is 0. The molecule has 0 saturated carbocycles. The predicted octanol–water partition coefficient (Wildman–Crippen LogP) is 2.32. The number of fused-ring (bicyclic) bond motifs is 1. The normalized spacial score (nSPS) is 16.1. The fraction of sp³-hybridized carbons (Fsp3) is 0.300. The van der Waals surface area contributed by atoms with Crippen molar-refractivity contribution in [1.82, 2.24) is 0 Å². The molecule has 0 heterocycles. The molecule has 11 heavy (non-hydrogen) atoms. The molecule has 0 bridgehead atoms. The highest BCUT2D eigenvalue weighted by Crippen LogP contribution is 2.22. The highest BCUT2D eigenvalue weighted by molar-refractivity contribution is 5.31. The summed E-state index contributed by atoms with van der Waals surface area (Å²) in [6.07, 6.45) is 4.96. The zero-order chi connectivity index (χ0) is 7.68. The summed E-state index contributed by atoms with van der Waals surface area (Å²) in [5, 5.41) is 0. The van der Waals surface area contributed by atoms with E-state index in [1.165, 1.54) is 0 Å². The van der Waals surface area contributed by atoms with Gasteiger partial charge in [-0.3, -0.25) is 0 Å². The van der Waals surface area contributed by atoms with E-state index < -0.39 is 0 Å². The molecule has 56 valence electrons. The van der Waals surface area contributed by atoms with Gasteiger partial charge in [0.2, 0.25) is 0 Å². The Morgan fingerprint density at radius 3 is 3.18 bits per heavy atom. The second-order valence-electron chi connectivity index (χ2n) is 2.83. The Morgan fingerprint density at radius 2 is 2.36 bits per heavy atom. The molecule has 0 atom stereocenters. The lowest BCUT2D eigenvalue weighted by Gasteiger charge is -2.14. The molecule has 1 aliphatic rings. The van der Waals surface area contributed by atoms with Crippen LogP contribution in [0.3, 0.4) is 0 Å². The van der Waals surface area contributed by atoms with Gasteiger partial charge in [-0.25, -0.2) is 4.39 Å². The van der Waals surface area contributed by atoms with Gasteiger partial charge in [0.05, 0.1) is 0 Å². The van der Waals surface area contributed by atoms with Crippen molar-refractivity contribution in [2.24, 2.45) is 0 Å². The van der Waals surface area contributed by atoms with Gasteiger partial charge in [0.15, 0.2) is 0 Å². The molecular weight excluding hydrogens is 139 g/mol. The van der Waals surface area contributed by atoms with Crippen LogP contribution in [0.25, 0.3) is 0 Å². The zero-order valence-corrected chi connectivity index (χ0v) is 6.23. The number of halogens is 1. The van der Waals surface area contributed by atoms with Gasteiger partial charge < -0.3 is 0 Å². The van der Waals surface area contributed by atoms with Gasteiger partial charge in [-0.2, -0.15) is 0 Å². The number of hydrogen-bond donors (Lipinski definition) is 0. The lowest BCUT2D eigenvalue weighted by Crippen LogP contribution is -2.05. The predicted molar refractivity (Wildman–Crippen MR) is 41.6 cm³/mol. The Bertz CT molecular complexity index is 266. The van der Waals surface area contributed by atoms with Crippen LogP contribution in [-0.2, 0) is 12.8 Å². The molecule has 1 heteroatoms. The fourth-order valence-corrected chi connectivity index (χ4v) is 1.51. The lowest BCUT2D eigenvalue weighted by atomic mass is 9.91. The minimum atomic E-state index is -0.157. The van der Waals surface area contributed by atoms with Gasteiger partial charge in [-0.1, -0.05) is 12.1 Å². The summed E-state index contributed by atoms with van der Waals surface area (Å²) in [6, 6.07) is 6.19. The average molecular weight is 148 g/mol. The second kappa shape index (κ2) is 2.65. The standard InChI is InChI=1S/C10H9F/c11-10-7-3-5-8-4-1-2-6-9(8)10/h1,3,5H,2,4,6H2. The molecule has 0 aromatic heterocycles. The lowest BCUT2D eigenvalue weighted by molar-refractivity contribution is 0.596. The van der Waals surface area contributed by atoms with Gasteiger partial charge in [-0.05, 0) is 36.8 Å². The Labute approximate surface area is 66.1 Å². The van der Waals surface area contributed by atoms with Crippen molar-refractivity contribution in [3.8, 4) is 0 Å². The molecule has 0 unspecified atom stereocenters. The Morgan fingerprint density at radius 1 is 1.45 bits per heavy atom. The van der Waals surface area contributed by atoms with Gasteiger partial charge in [-0.15, -0.1) is 0 Å². The molecule has 0 saturated heterocycles. The van der Waals surface area contributed by atoms with Crippen LogP contribution in [0.5, 0.6) is 0 Å². The maximum Gasteiger partial charge on any atom is 0.134 e. The smallest absolute Gasteiger partial charge is 0.134 e. The topological polar surface area (TPSA) is 0 Å². The van der Waals surface area contributed by atoms with Gasteiger partial charge >= 0.3 is 0 Å². The molecule has 0 nitrogen and oxygen atoms in total. The maximum absolute atomic E-state index is 13.0. The van der Waals surface area contributed by atoms with E-state index in [0.29, 0.717) is 0 Å². The molecule has 0 aliphatic heterocycles. The van der Waals surface area contributed by atoms with Crippen LogP contribution in [0.2, 0.25) is 0 Å². The molecule has 0 fully saturated rings. The second-order valence-corrected chi connectivity index (χ2v) is 2.83. The van der Waals surface area contributed by atoms with Crippen molar-refractivity contribution in [2.45, 2.75) is 19.3 Å². The van der Waals surface area contributed by atoms with Gasteiger partial charge in [0.25, 0.3) is 0 Å². The third-order valence-electron chi connectivity index (χ3n) is 2.11. The first kappa shape index (κ1) is 6.84. The first-order valence-electron chi connectivity index (χ1n) is 3.87. The summed E-state index contributed by atoms with van der Waals surface area (Å²) in [5.41, 5.74) is 2.00. The summed E-state index contributed by atoms with van der Waals surface area (Å²) >= 11 is 0. The van der Waals surface area contributed by atoms with E-state index in [0.717, 1.165) is 30.4 Å². The fourth-order valence-electron chi connectivity index (χ4n) is 1.51. The average Bonchev–Trinajstić information content (AvgIpc) is 2.06. The largest absolute Gasteiger partial charge is 0.206 e. The molecule has 0 amide bonds. The van der Waals surface area contributed by atoms with Crippen LogP contribution < -0.4 is 0 Å². The minimum Gasteiger partial charge on any atom is -0.206 e. The SMILES string of the molecule is Fc1[c]ccc2c1CC[CH]C2. The number of rotatable bonds is 0. The van der Waals surface area contributed by atoms with Crippen molar-refractivity contribution < 1.29 is 4.39 Å². The van der Waals surface area contributed by atoms with Crippen LogP contribution in [0, 0.1) is 18.3 Å². The van der Waals surface area contributed by atoms with E-state index in [1.54, 1.807) is 6.07 Å². The first-order valence-corrected chi connectivity index (χ1v) is 3.87. The third-order valence-corrected chi connectivity index (χ3v) is 2.11. The van der Waals surface area contributed by atoms with E-state index in [1.807, 2.05) is 6.07 Å². The Kier molecular flexibility index (Phi) is 1.65. The van der Waals surface area contributed by atoms with Crippen molar-refractivity contribution in [3.05, 3.63) is 41.6 Å². The molecule has 1 aliphatic carbocycles. The molecule has 2 rings (SSSR count). The van der Waals surface area contributed by atoms with E-state index in [2.05, 4.69) is 12.5 Å². The van der Waals surface area contributed by atoms with Crippen molar-refractivity contribution >= 4 is 0 Å². The Balaban J connectivity index is 2.49. The maximum atomic E-state index is 13.0. The van der Waals surface area contributed by atoms with Crippen molar-refractivity contribution in [2.75, 3.05) is 0 Å². The summed E-state index contributed by atoms with van der Waals surface area (Å²) in [6.45, 7) is 0. The first-order chi connectivity index (χ1) is 5.38. The third kappa shape index (κ3) is 1.15. The molecule has 1 aromatic rings. The van der Waals surface area contributed by atoms with E-state index in [4.69, 9.17) is 0 Å². The van der Waals surface area contributed by atoms with Gasteiger partial charge in [0, 0.05) is 6.07 Å². The van der Waals surface area contributed by atoms with Gasteiger partial charge in [0.1, 0.15) is 5.82 Å². The van der Waals surface area contributed by atoms with Crippen LogP contribution in [0.1, 0.15) is 17.5 Å². The molecule has 1 aromatic carbocycles. The molecule has 0 spiro atoms. The van der Waals surface area contributed by atoms with E-state index in [9.17, 15) is 4.39 Å². The van der Waals surface area contributed by atoms with Crippen molar-refractivity contribution in [1.29, 1.82) is 0 Å². The zero-order valence-electron chi connectivity index (χ0n) is 6.23. The highest BCUT2D eigenvalue weighted by Gasteiger charge is 2.12. The van der Waals surface area contributed by atoms with Crippen LogP contribution in [-0.4, -0.2) is 0 Å². The monoisotopic (exact) mass is 148 g/mol. The van der Waals surface area contributed by atoms with Crippen LogP contribution >= 0.6 is 0 Å². The molecular formula is C10H9F. The van der Waals surface area contributed by atoms with Crippen LogP contribution in [0.4, 0.5) is 4.39 Å². The molecule has 2 radical (unpaired) electrons. The summed E-state index contributed by atoms with van der Waals surface area (Å²) in [4.78, 5) is 0. The number of benzene rings is 1. The van der Waals surface area contributed by atoms with E-state index >= 15 is 0 Å². The highest BCUT2D eigenvalue weighted by atomic mass is 19.1. The summed E-state index contributed by atoms with van der Waals surface area (Å²) in [5.74, 6) is -0.157. The number of hydrogen-bond acceptors (Lipinski definition) is 0. The van der Waals surface area contributed by atoms with Crippen LogP contribution in [0.15, 0.2) is 12.1 Å². The minimum absolute atomic E-state index is 0.157. The van der Waals surface area contributed by atoms with E-state index in [-0.39, 0.29) is 5.82 Å². The quantitative estimate of drug-likeness (QED) is 0.529. The summed E-state index contributed by atoms with van der Waals surface area (Å²) < 4.78 is 13.0. The van der Waals surface area contributed by atoms with Crippen molar-refractivity contribution in [3.63, 3.8) is 0 Å². The Hall–Kier alpha value is -0.850.